The van der Waals surface area contributed by atoms with Crippen molar-refractivity contribution in [2.45, 2.75) is 6.54 Å². The zero-order chi connectivity index (χ0) is 25.1. The Hall–Kier alpha value is -5.19. The second-order valence-corrected chi connectivity index (χ2v) is 7.64. The fourth-order valence-electron chi connectivity index (χ4n) is 3.48. The van der Waals surface area contributed by atoms with Crippen molar-refractivity contribution >= 4 is 5.97 Å². The first-order valence-corrected chi connectivity index (χ1v) is 10.7. The van der Waals surface area contributed by atoms with E-state index in [2.05, 4.69) is 37.3 Å². The number of benzene rings is 2. The van der Waals surface area contributed by atoms with Gasteiger partial charge in [-0.25, -0.2) is 13.9 Å². The molecule has 0 amide bonds. The molecule has 0 aliphatic carbocycles. The molecule has 0 spiro atoms. The van der Waals surface area contributed by atoms with E-state index >= 15 is 0 Å². The van der Waals surface area contributed by atoms with Gasteiger partial charge in [-0.1, -0.05) is 53.3 Å². The summed E-state index contributed by atoms with van der Waals surface area (Å²) in [6.45, 7) is 3.74. The van der Waals surface area contributed by atoms with Crippen molar-refractivity contribution in [3.05, 3.63) is 96.7 Å². The second-order valence-electron chi connectivity index (χ2n) is 7.64. The topological polar surface area (TPSA) is 132 Å². The Morgan fingerprint density at radius 1 is 1.06 bits per heavy atom. The van der Waals surface area contributed by atoms with Gasteiger partial charge in [-0.15, -0.1) is 5.10 Å². The first-order chi connectivity index (χ1) is 17.5. The lowest BCUT2D eigenvalue weighted by Crippen LogP contribution is -2.18. The smallest absolute Gasteiger partial charge is 0.351 e. The third-order valence-corrected chi connectivity index (χ3v) is 5.31. The van der Waals surface area contributed by atoms with Gasteiger partial charge in [0.1, 0.15) is 22.9 Å². The molecule has 36 heavy (non-hydrogen) atoms. The molecule has 0 aliphatic rings. The first kappa shape index (κ1) is 22.6. The van der Waals surface area contributed by atoms with Crippen LogP contribution in [0.2, 0.25) is 0 Å². The Labute approximate surface area is 203 Å². The molecule has 3 heterocycles. The molecule has 0 aliphatic heterocycles. The van der Waals surface area contributed by atoms with Crippen LogP contribution in [0.15, 0.2) is 89.9 Å². The SMILES string of the molecule is C=C(NCc1ccc(-c2noc(-c3nnn(-c4ccccc4F)c3-c3ccncc3)n2)cc1)C(=O)O. The van der Waals surface area contributed by atoms with E-state index in [0.29, 0.717) is 29.2 Å². The average molecular weight is 483 g/mol. The lowest BCUT2D eigenvalue weighted by molar-refractivity contribution is -0.133. The number of para-hydroxylation sites is 1. The zero-order valence-electron chi connectivity index (χ0n) is 18.7. The summed E-state index contributed by atoms with van der Waals surface area (Å²) in [6, 6.07) is 16.9. The molecule has 0 atom stereocenters. The van der Waals surface area contributed by atoms with Crippen molar-refractivity contribution in [1.29, 1.82) is 0 Å². The summed E-state index contributed by atoms with van der Waals surface area (Å²) in [4.78, 5) is 19.4. The minimum absolute atomic E-state index is 0.0877. The van der Waals surface area contributed by atoms with Crippen molar-refractivity contribution in [3.8, 4) is 39.9 Å². The van der Waals surface area contributed by atoms with Crippen LogP contribution in [0.4, 0.5) is 4.39 Å². The van der Waals surface area contributed by atoms with Gasteiger partial charge in [-0.2, -0.15) is 4.98 Å². The molecule has 178 valence electrons. The van der Waals surface area contributed by atoms with Gasteiger partial charge in [0.15, 0.2) is 5.69 Å². The number of halogens is 1. The number of nitrogens with one attached hydrogen (secondary N) is 1. The van der Waals surface area contributed by atoms with Crippen LogP contribution >= 0.6 is 0 Å². The fourth-order valence-corrected chi connectivity index (χ4v) is 3.48. The van der Waals surface area contributed by atoms with Crippen LogP contribution in [0, 0.1) is 5.82 Å². The molecule has 5 rings (SSSR count). The van der Waals surface area contributed by atoms with E-state index in [1.54, 1.807) is 54.9 Å². The van der Waals surface area contributed by atoms with Crippen molar-refractivity contribution in [3.63, 3.8) is 0 Å². The lowest BCUT2D eigenvalue weighted by atomic mass is 10.1. The lowest BCUT2D eigenvalue weighted by Gasteiger charge is -2.08. The first-order valence-electron chi connectivity index (χ1n) is 10.7. The summed E-state index contributed by atoms with van der Waals surface area (Å²) >= 11 is 0. The van der Waals surface area contributed by atoms with Crippen LogP contribution in [0.3, 0.4) is 0 Å². The van der Waals surface area contributed by atoms with Crippen LogP contribution in [0.25, 0.3) is 39.9 Å². The highest BCUT2D eigenvalue weighted by atomic mass is 19.1. The largest absolute Gasteiger partial charge is 0.477 e. The van der Waals surface area contributed by atoms with Crippen LogP contribution < -0.4 is 5.32 Å². The molecule has 0 saturated carbocycles. The summed E-state index contributed by atoms with van der Waals surface area (Å²) in [5, 5.41) is 24.1. The van der Waals surface area contributed by atoms with Gasteiger partial charge >= 0.3 is 5.97 Å². The number of hydrogen-bond donors (Lipinski definition) is 2. The molecule has 0 bridgehead atoms. The van der Waals surface area contributed by atoms with Crippen LogP contribution in [0.5, 0.6) is 0 Å². The molecule has 0 saturated heterocycles. The number of pyridine rings is 1. The second kappa shape index (κ2) is 9.58. The standard InChI is InChI=1S/C25H18FN7O3/c1-15(25(34)35)28-14-16-6-8-18(9-7-16)23-29-24(36-31-23)21-22(17-10-12-27-13-11-17)33(32-30-21)20-5-3-2-4-19(20)26/h2-13,28H,1,14H2,(H,34,35). The number of aliphatic carboxylic acids is 1. The number of aromatic nitrogens is 6. The van der Waals surface area contributed by atoms with E-state index in [9.17, 15) is 9.18 Å². The van der Waals surface area contributed by atoms with Crippen molar-refractivity contribution in [2.24, 2.45) is 0 Å². The fraction of sp³-hybridized carbons (Fsp3) is 0.0400. The van der Waals surface area contributed by atoms with Crippen LogP contribution in [0.1, 0.15) is 5.56 Å². The highest BCUT2D eigenvalue weighted by Gasteiger charge is 2.24. The van der Waals surface area contributed by atoms with E-state index in [1.807, 2.05) is 12.1 Å². The van der Waals surface area contributed by atoms with Gasteiger partial charge in [0.2, 0.25) is 5.82 Å². The number of nitrogens with zero attached hydrogens (tertiary/aromatic N) is 6. The number of hydrogen-bond acceptors (Lipinski definition) is 8. The third kappa shape index (κ3) is 4.44. The maximum atomic E-state index is 14.6. The molecule has 11 heteroatoms. The predicted octanol–water partition coefficient (Wildman–Crippen LogP) is 3.87. The Morgan fingerprint density at radius 2 is 1.81 bits per heavy atom. The van der Waals surface area contributed by atoms with Gasteiger partial charge in [-0.05, 0) is 29.8 Å². The summed E-state index contributed by atoms with van der Waals surface area (Å²) < 4.78 is 21.5. The molecule has 3 aromatic heterocycles. The quantitative estimate of drug-likeness (QED) is 0.316. The summed E-state index contributed by atoms with van der Waals surface area (Å²) in [7, 11) is 0. The van der Waals surface area contributed by atoms with Crippen molar-refractivity contribution in [2.75, 3.05) is 0 Å². The molecule has 0 unspecified atom stereocenters. The van der Waals surface area contributed by atoms with Gasteiger partial charge in [0.25, 0.3) is 5.89 Å². The Bertz CT molecular complexity index is 1550. The molecule has 10 nitrogen and oxygen atoms in total. The van der Waals surface area contributed by atoms with E-state index in [-0.39, 0.29) is 23.0 Å². The van der Waals surface area contributed by atoms with E-state index in [4.69, 9.17) is 9.63 Å². The van der Waals surface area contributed by atoms with Gasteiger partial charge in [0, 0.05) is 30.1 Å². The summed E-state index contributed by atoms with van der Waals surface area (Å²) in [6.07, 6.45) is 3.22. The Balaban J connectivity index is 1.47. The number of rotatable bonds is 8. The van der Waals surface area contributed by atoms with Crippen LogP contribution in [-0.2, 0) is 11.3 Å². The van der Waals surface area contributed by atoms with Gasteiger partial charge < -0.3 is 14.9 Å². The van der Waals surface area contributed by atoms with Gasteiger partial charge in [0.05, 0.1) is 0 Å². The normalized spacial score (nSPS) is 10.8. The molecule has 2 aromatic carbocycles. The molecule has 5 aromatic rings. The third-order valence-electron chi connectivity index (χ3n) is 5.31. The van der Waals surface area contributed by atoms with E-state index in [0.717, 1.165) is 5.56 Å². The Kier molecular flexibility index (Phi) is 6.02. The summed E-state index contributed by atoms with van der Waals surface area (Å²) in [5.41, 5.74) is 3.10. The number of carbonyl (C=O) groups is 1. The van der Waals surface area contributed by atoms with Crippen LogP contribution in [-0.4, -0.2) is 41.2 Å². The predicted molar refractivity (Wildman–Crippen MR) is 127 cm³/mol. The average Bonchev–Trinajstić information content (AvgIpc) is 3.56. The molecule has 0 fully saturated rings. The van der Waals surface area contributed by atoms with Gasteiger partial charge in [-0.3, -0.25) is 4.98 Å². The van der Waals surface area contributed by atoms with E-state index < -0.39 is 11.8 Å². The monoisotopic (exact) mass is 483 g/mol. The van der Waals surface area contributed by atoms with Crippen molar-refractivity contribution in [1.82, 2.24) is 35.4 Å². The molecule has 0 radical (unpaired) electrons. The number of carboxylic acid groups (broad SMARTS) is 1. The zero-order valence-corrected chi connectivity index (χ0v) is 18.7. The highest BCUT2D eigenvalue weighted by Crippen LogP contribution is 2.32. The number of carboxylic acids is 1. The molecular weight excluding hydrogens is 465 g/mol. The molecular formula is C25H18FN7O3. The Morgan fingerprint density at radius 3 is 2.53 bits per heavy atom. The van der Waals surface area contributed by atoms with E-state index in [1.165, 1.54) is 10.7 Å². The van der Waals surface area contributed by atoms with Crippen molar-refractivity contribution < 1.29 is 18.8 Å². The maximum Gasteiger partial charge on any atom is 0.351 e. The molecule has 2 N–H and O–H groups in total. The summed E-state index contributed by atoms with van der Waals surface area (Å²) in [5.74, 6) is -1.13. The minimum Gasteiger partial charge on any atom is -0.477 e. The minimum atomic E-state index is -1.11. The highest BCUT2D eigenvalue weighted by molar-refractivity contribution is 5.85. The maximum absolute atomic E-state index is 14.6.